The number of hydrogen-bond acceptors (Lipinski definition) is 5. The van der Waals surface area contributed by atoms with Crippen molar-refractivity contribution in [1.29, 1.82) is 0 Å². The highest BCUT2D eigenvalue weighted by molar-refractivity contribution is 7.13. The molecule has 4 rings (SSSR count). The van der Waals surface area contributed by atoms with Crippen LogP contribution in [0.2, 0.25) is 0 Å². The minimum Gasteiger partial charge on any atom is -0.361 e. The predicted octanol–water partition coefficient (Wildman–Crippen LogP) is 3.94. The van der Waals surface area contributed by atoms with Crippen LogP contribution >= 0.6 is 11.3 Å². The lowest BCUT2D eigenvalue weighted by molar-refractivity contribution is 0.329. The van der Waals surface area contributed by atoms with Gasteiger partial charge in [0.15, 0.2) is 0 Å². The molecule has 0 unspecified atom stereocenters. The van der Waals surface area contributed by atoms with E-state index in [0.29, 0.717) is 12.0 Å². The minimum absolute atomic E-state index is 0.529. The molecule has 0 radical (unpaired) electrons. The van der Waals surface area contributed by atoms with Crippen molar-refractivity contribution in [2.24, 2.45) is 5.92 Å². The molecule has 126 valence electrons. The molecule has 1 fully saturated rings. The van der Waals surface area contributed by atoms with E-state index in [1.165, 1.54) is 29.7 Å². The Kier molecular flexibility index (Phi) is 4.49. The van der Waals surface area contributed by atoms with Gasteiger partial charge in [-0.3, -0.25) is 5.10 Å². The van der Waals surface area contributed by atoms with Crippen molar-refractivity contribution in [3.8, 4) is 10.6 Å². The van der Waals surface area contributed by atoms with Gasteiger partial charge >= 0.3 is 0 Å². The summed E-state index contributed by atoms with van der Waals surface area (Å²) in [6.07, 6.45) is 6.66. The van der Waals surface area contributed by atoms with E-state index in [9.17, 15) is 0 Å². The molecule has 0 aliphatic heterocycles. The fraction of sp³-hybridized carbons (Fsp3) is 0.444. The maximum Gasteiger partial charge on any atom is 0.137 e. The summed E-state index contributed by atoms with van der Waals surface area (Å²) >= 11 is 1.74. The van der Waals surface area contributed by atoms with Gasteiger partial charge in [-0.1, -0.05) is 17.6 Å². The van der Waals surface area contributed by atoms with Crippen LogP contribution < -0.4 is 5.32 Å². The summed E-state index contributed by atoms with van der Waals surface area (Å²) in [6, 6.07) is 6.79. The number of rotatable bonds is 6. The largest absolute Gasteiger partial charge is 0.361 e. The van der Waals surface area contributed by atoms with Crippen molar-refractivity contribution < 1.29 is 4.52 Å². The van der Waals surface area contributed by atoms with Crippen LogP contribution in [-0.2, 0) is 13.0 Å². The number of aromatic nitrogens is 3. The molecule has 5 nitrogen and oxygen atoms in total. The Morgan fingerprint density at radius 1 is 1.42 bits per heavy atom. The zero-order valence-corrected chi connectivity index (χ0v) is 14.6. The summed E-state index contributed by atoms with van der Waals surface area (Å²) in [5, 5.41) is 17.2. The monoisotopic (exact) mass is 342 g/mol. The van der Waals surface area contributed by atoms with Gasteiger partial charge in [0.2, 0.25) is 0 Å². The maximum atomic E-state index is 5.40. The van der Waals surface area contributed by atoms with Crippen LogP contribution in [0.4, 0.5) is 0 Å². The zero-order valence-electron chi connectivity index (χ0n) is 13.8. The molecule has 0 aromatic carbocycles. The summed E-state index contributed by atoms with van der Waals surface area (Å²) in [4.78, 5) is 1.24. The molecule has 0 saturated heterocycles. The molecular formula is C18H22N4OS. The highest BCUT2D eigenvalue weighted by Gasteiger charge is 2.28. The predicted molar refractivity (Wildman–Crippen MR) is 94.8 cm³/mol. The number of nitrogens with zero attached hydrogens (tertiary/aromatic N) is 2. The molecule has 24 heavy (non-hydrogen) atoms. The molecule has 3 heterocycles. The Hall–Kier alpha value is -1.92. The first kappa shape index (κ1) is 15.6. The highest BCUT2D eigenvalue weighted by Crippen LogP contribution is 2.30. The summed E-state index contributed by atoms with van der Waals surface area (Å²) in [6.45, 7) is 2.82. The summed E-state index contributed by atoms with van der Waals surface area (Å²) in [5.41, 5.74) is 3.34. The molecule has 3 aromatic heterocycles. The van der Waals surface area contributed by atoms with Crippen molar-refractivity contribution in [3.63, 3.8) is 0 Å². The third-order valence-electron chi connectivity index (χ3n) is 4.84. The van der Waals surface area contributed by atoms with E-state index in [0.717, 1.165) is 30.1 Å². The first-order chi connectivity index (χ1) is 11.8. The Bertz CT molecular complexity index is 777. The molecule has 2 N–H and O–H groups in total. The van der Waals surface area contributed by atoms with Crippen LogP contribution in [0, 0.1) is 12.8 Å². The van der Waals surface area contributed by atoms with Crippen LogP contribution in [0.25, 0.3) is 10.6 Å². The Labute approximate surface area is 145 Å². The molecule has 0 spiro atoms. The molecular weight excluding hydrogens is 320 g/mol. The Morgan fingerprint density at radius 2 is 2.38 bits per heavy atom. The smallest absolute Gasteiger partial charge is 0.137 e. The van der Waals surface area contributed by atoms with Gasteiger partial charge in [-0.2, -0.15) is 5.10 Å². The molecule has 2 atom stereocenters. The van der Waals surface area contributed by atoms with Gasteiger partial charge in [0.1, 0.15) is 5.76 Å². The Balaban J connectivity index is 1.39. The molecule has 0 bridgehead atoms. The lowest BCUT2D eigenvalue weighted by atomic mass is 9.97. The standard InChI is InChI=1S/C18H22N4OS/c1-12-8-15(23-22-12)9-13-4-2-5-16(13)19-10-14-11-20-21-18(14)17-6-3-7-24-17/h3,6-8,11,13,16,19H,2,4-5,9-10H2,1H3,(H,20,21)/t13-,16+/m0/s1. The highest BCUT2D eigenvalue weighted by atomic mass is 32.1. The third-order valence-corrected chi connectivity index (χ3v) is 5.73. The van der Waals surface area contributed by atoms with E-state index in [1.807, 2.05) is 13.1 Å². The first-order valence-corrected chi connectivity index (χ1v) is 9.39. The normalized spacial score (nSPS) is 20.7. The average Bonchev–Trinajstić information content (AvgIpc) is 3.34. The summed E-state index contributed by atoms with van der Waals surface area (Å²) < 4.78 is 5.40. The van der Waals surface area contributed by atoms with E-state index >= 15 is 0 Å². The molecule has 1 aliphatic rings. The van der Waals surface area contributed by atoms with Gasteiger partial charge in [-0.25, -0.2) is 0 Å². The second-order valence-corrected chi connectivity index (χ2v) is 7.51. The number of aryl methyl sites for hydroxylation is 1. The number of aromatic amines is 1. The number of thiophene rings is 1. The van der Waals surface area contributed by atoms with Crippen molar-refractivity contribution in [3.05, 3.63) is 46.8 Å². The topological polar surface area (TPSA) is 66.7 Å². The van der Waals surface area contributed by atoms with Gasteiger partial charge in [0.25, 0.3) is 0 Å². The van der Waals surface area contributed by atoms with Gasteiger partial charge in [-0.05, 0) is 37.1 Å². The van der Waals surface area contributed by atoms with Crippen molar-refractivity contribution in [1.82, 2.24) is 20.7 Å². The molecule has 6 heteroatoms. The van der Waals surface area contributed by atoms with E-state index < -0.39 is 0 Å². The molecule has 0 amide bonds. The van der Waals surface area contributed by atoms with E-state index in [4.69, 9.17) is 4.52 Å². The van der Waals surface area contributed by atoms with Gasteiger partial charge in [0.05, 0.1) is 22.5 Å². The number of H-pyrrole nitrogens is 1. The van der Waals surface area contributed by atoms with Crippen LogP contribution in [0.5, 0.6) is 0 Å². The first-order valence-electron chi connectivity index (χ1n) is 8.51. The van der Waals surface area contributed by atoms with Crippen LogP contribution in [0.15, 0.2) is 34.3 Å². The lowest BCUT2D eigenvalue weighted by Crippen LogP contribution is -2.32. The quantitative estimate of drug-likeness (QED) is 0.712. The average molecular weight is 342 g/mol. The number of nitrogens with one attached hydrogen (secondary N) is 2. The van der Waals surface area contributed by atoms with Gasteiger partial charge in [-0.15, -0.1) is 11.3 Å². The van der Waals surface area contributed by atoms with Gasteiger partial charge < -0.3 is 9.84 Å². The second kappa shape index (κ2) is 6.91. The van der Waals surface area contributed by atoms with Crippen molar-refractivity contribution in [2.75, 3.05) is 0 Å². The van der Waals surface area contributed by atoms with Crippen molar-refractivity contribution in [2.45, 2.75) is 45.2 Å². The molecule has 3 aromatic rings. The summed E-state index contributed by atoms with van der Waals surface area (Å²) in [7, 11) is 0. The minimum atomic E-state index is 0.529. The van der Waals surface area contributed by atoms with Crippen LogP contribution in [-0.4, -0.2) is 21.4 Å². The third kappa shape index (κ3) is 3.30. The van der Waals surface area contributed by atoms with Crippen LogP contribution in [0.1, 0.15) is 36.3 Å². The van der Waals surface area contributed by atoms with E-state index in [2.05, 4.69) is 44.2 Å². The fourth-order valence-electron chi connectivity index (χ4n) is 3.64. The maximum absolute atomic E-state index is 5.40. The SMILES string of the molecule is Cc1cc(C[C@@H]2CCC[C@H]2NCc2cn[nH]c2-c2cccs2)on1. The molecule has 1 aliphatic carbocycles. The summed E-state index contributed by atoms with van der Waals surface area (Å²) in [5.74, 6) is 1.63. The fourth-order valence-corrected chi connectivity index (χ4v) is 4.40. The van der Waals surface area contributed by atoms with Crippen molar-refractivity contribution >= 4 is 11.3 Å². The molecule has 1 saturated carbocycles. The number of hydrogen-bond donors (Lipinski definition) is 2. The van der Waals surface area contributed by atoms with E-state index in [-0.39, 0.29) is 0 Å². The second-order valence-electron chi connectivity index (χ2n) is 6.56. The Morgan fingerprint density at radius 3 is 3.17 bits per heavy atom. The lowest BCUT2D eigenvalue weighted by Gasteiger charge is -2.20. The zero-order chi connectivity index (χ0) is 16.4. The van der Waals surface area contributed by atoms with E-state index in [1.54, 1.807) is 11.3 Å². The van der Waals surface area contributed by atoms with Gasteiger partial charge in [0, 0.05) is 30.6 Å². The van der Waals surface area contributed by atoms with Crippen LogP contribution in [0.3, 0.4) is 0 Å².